The number of rotatable bonds is 32. The lowest BCUT2D eigenvalue weighted by atomic mass is 9.96. The molecule has 0 N–H and O–H groups in total. The lowest BCUT2D eigenvalue weighted by Gasteiger charge is -2.40. The van der Waals surface area contributed by atoms with Crippen LogP contribution in [0.15, 0.2) is 57.8 Å². The molecule has 0 amide bonds. The van der Waals surface area contributed by atoms with Gasteiger partial charge in [0.2, 0.25) is 0 Å². The summed E-state index contributed by atoms with van der Waals surface area (Å²) in [7, 11) is -4.49. The number of methoxy groups -OCH3 is 1. The molecule has 6 atom stereocenters. The molecular weight excluding hydrogens is 876 g/mol. The average Bonchev–Trinajstić information content (AvgIpc) is 3.24. The fraction of sp³-hybridized carbons (Fsp3) is 0.739. The van der Waals surface area contributed by atoms with Gasteiger partial charge in [-0.25, -0.2) is 4.79 Å². The van der Waals surface area contributed by atoms with Gasteiger partial charge in [-0.2, -0.15) is 0 Å². The van der Waals surface area contributed by atoms with Crippen molar-refractivity contribution in [1.29, 1.82) is 0 Å². The number of hydrogen-bond donors (Lipinski definition) is 0. The summed E-state index contributed by atoms with van der Waals surface area (Å²) in [6.45, 7) is 34.0. The van der Waals surface area contributed by atoms with Crippen LogP contribution in [0.25, 0.3) is 0 Å². The van der Waals surface area contributed by atoms with E-state index in [-0.39, 0.29) is 30.3 Å². The predicted octanol–water partition coefficient (Wildman–Crippen LogP) is 13.8. The molecule has 7 nitrogen and oxygen atoms in total. The quantitative estimate of drug-likeness (QED) is 0.0166. The van der Waals surface area contributed by atoms with Crippen LogP contribution in [0, 0.1) is 5.92 Å². The van der Waals surface area contributed by atoms with Crippen molar-refractivity contribution >= 4 is 59.3 Å². The summed E-state index contributed by atoms with van der Waals surface area (Å²) in [5, 5.41) is 0. The van der Waals surface area contributed by atoms with Crippen LogP contribution in [0.1, 0.15) is 123 Å². The lowest BCUT2D eigenvalue weighted by Crippen LogP contribution is -2.51. The third-order valence-electron chi connectivity index (χ3n) is 12.7. The van der Waals surface area contributed by atoms with Crippen molar-refractivity contribution in [2.45, 2.75) is 208 Å². The zero-order chi connectivity index (χ0) is 43.8. The van der Waals surface area contributed by atoms with Gasteiger partial charge in [-0.15, -0.1) is 6.58 Å². The van der Waals surface area contributed by atoms with Gasteiger partial charge in [0, 0.05) is 31.4 Å². The number of ether oxygens (including phenoxy) is 2. The number of ketones is 1. The predicted molar refractivity (Wildman–Crippen MR) is 260 cm³/mol. The maximum absolute atomic E-state index is 13.9. The molecule has 0 aromatic heterocycles. The fourth-order valence-electron chi connectivity index (χ4n) is 7.52. The molecule has 11 heteroatoms. The summed E-state index contributed by atoms with van der Waals surface area (Å²) in [5.41, 5.74) is 2.59. The molecule has 0 bridgehead atoms. The van der Waals surface area contributed by atoms with E-state index in [4.69, 9.17) is 22.8 Å². The molecule has 0 aliphatic heterocycles. The summed E-state index contributed by atoms with van der Waals surface area (Å²) in [6.07, 6.45) is 10.2. The van der Waals surface area contributed by atoms with Gasteiger partial charge in [0.1, 0.15) is 12.2 Å². The minimum Gasteiger partial charge on any atom is -0.456 e. The Morgan fingerprint density at radius 1 is 0.702 bits per heavy atom. The monoisotopic (exact) mass is 960 g/mol. The van der Waals surface area contributed by atoms with Crippen LogP contribution in [-0.4, -0.2) is 74.3 Å². The third-order valence-corrected chi connectivity index (χ3v) is 27.6. The molecule has 0 radical (unpaired) electrons. The highest BCUT2D eigenvalue weighted by Gasteiger charge is 2.43. The summed E-state index contributed by atoms with van der Waals surface area (Å²) < 4.78 is 35.8. The van der Waals surface area contributed by atoms with Crippen molar-refractivity contribution in [3.63, 3.8) is 0 Å². The molecule has 0 saturated carbocycles. The molecule has 0 aromatic carbocycles. The Kier molecular flexibility index (Phi) is 28.9. The molecule has 0 fully saturated rings. The van der Waals surface area contributed by atoms with Crippen molar-refractivity contribution in [2.24, 2.45) is 5.92 Å². The van der Waals surface area contributed by atoms with Crippen LogP contribution < -0.4 is 0 Å². The summed E-state index contributed by atoms with van der Waals surface area (Å²) >= 11 is 2.17. The van der Waals surface area contributed by atoms with E-state index in [1.54, 1.807) is 14.0 Å². The Bertz CT molecular complexity index is 1280. The molecule has 0 saturated heterocycles. The first-order valence-electron chi connectivity index (χ1n) is 22.2. The van der Waals surface area contributed by atoms with Crippen LogP contribution in [0.5, 0.6) is 0 Å². The highest BCUT2D eigenvalue weighted by Crippen LogP contribution is 2.32. The molecule has 0 aromatic rings. The molecule has 57 heavy (non-hydrogen) atoms. The number of carbonyl (C=O) groups is 2. The van der Waals surface area contributed by atoms with Crippen LogP contribution in [0.3, 0.4) is 0 Å². The van der Waals surface area contributed by atoms with E-state index in [0.717, 1.165) is 72.8 Å². The Balaban J connectivity index is 7.09. The first-order chi connectivity index (χ1) is 27.0. The maximum atomic E-state index is 13.9. The minimum atomic E-state index is -2.28. The van der Waals surface area contributed by atoms with Crippen LogP contribution in [0.4, 0.5) is 0 Å². The van der Waals surface area contributed by atoms with E-state index < -0.39 is 49.2 Å². The lowest BCUT2D eigenvalue weighted by molar-refractivity contribution is -0.157. The standard InChI is InChI=1S/C46H85IO7Si3/c1-17-38(14)41(52-55(19-3,20-4)21-5)32-31-36(12)29-28-30-42(53-56(22-6,23-7)24-8)43(50-16)34-44(51-46(49)39(15)33-37(13)35-47)45(40(48)18-2)54-57(25-9,26-10)27-11/h17,29,31-33,35,38,41-45H,1,18-28,30,34H2,2-16H3/b32-31+,36-29+,37-35+,39-33+/t38-,41+,42+,43+,44+,45+/m1/s1. The highest BCUT2D eigenvalue weighted by atomic mass is 127. The SMILES string of the molecule is C=C[C@@H](C)[C@H](/C=C/C(C)=C/CC[C@H](O[Si](CC)(CC)CC)[C@H](C[C@H](OC(=O)/C(C)=C/C(C)=C/I)[C@@H](O[Si](CC)(CC)CC)C(=O)CC)OC)O[Si](CC)(CC)CC. The van der Waals surface area contributed by atoms with Crippen molar-refractivity contribution < 1.29 is 32.3 Å². The van der Waals surface area contributed by atoms with E-state index in [2.05, 4.69) is 124 Å². The fourth-order valence-corrected chi connectivity index (χ4v) is 16.3. The smallest absolute Gasteiger partial charge is 0.334 e. The van der Waals surface area contributed by atoms with Crippen LogP contribution >= 0.6 is 22.6 Å². The minimum absolute atomic E-state index is 0.00727. The van der Waals surface area contributed by atoms with E-state index in [9.17, 15) is 9.59 Å². The largest absolute Gasteiger partial charge is 0.456 e. The summed E-state index contributed by atoms with van der Waals surface area (Å²) in [5.74, 6) is -0.290. The molecule has 0 aliphatic rings. The number of hydrogen-bond acceptors (Lipinski definition) is 7. The van der Waals surface area contributed by atoms with E-state index in [1.165, 1.54) is 5.57 Å². The van der Waals surface area contributed by atoms with Crippen LogP contribution in [-0.2, 0) is 32.3 Å². The maximum Gasteiger partial charge on any atom is 0.334 e. The van der Waals surface area contributed by atoms with Gasteiger partial charge in [-0.3, -0.25) is 4.79 Å². The number of esters is 1. The topological polar surface area (TPSA) is 80.3 Å². The van der Waals surface area contributed by atoms with Crippen molar-refractivity contribution in [3.05, 3.63) is 57.8 Å². The normalized spacial score (nSPS) is 16.9. The van der Waals surface area contributed by atoms with Crippen molar-refractivity contribution in [3.8, 4) is 0 Å². The molecule has 0 unspecified atom stereocenters. The summed E-state index contributed by atoms with van der Waals surface area (Å²) in [6, 6.07) is 8.93. The van der Waals surface area contributed by atoms with Gasteiger partial charge in [0.05, 0.1) is 18.3 Å². The molecule has 330 valence electrons. The Morgan fingerprint density at radius 3 is 1.63 bits per heavy atom. The average molecular weight is 961 g/mol. The number of halogens is 1. The van der Waals surface area contributed by atoms with Crippen LogP contribution in [0.2, 0.25) is 54.4 Å². The van der Waals surface area contributed by atoms with Gasteiger partial charge in [-0.05, 0) is 104 Å². The number of Topliss-reactive ketones (excluding diaryl/α,β-unsaturated/α-hetero) is 1. The number of allylic oxidation sites excluding steroid dienone is 5. The molecule has 0 spiro atoms. The molecular formula is C46H85IO7Si3. The van der Waals surface area contributed by atoms with Gasteiger partial charge < -0.3 is 22.8 Å². The number of carbonyl (C=O) groups excluding carboxylic acids is 2. The molecule has 0 aliphatic carbocycles. The Hall–Kier alpha value is -0.939. The molecule has 0 rings (SSSR count). The van der Waals surface area contributed by atoms with E-state index in [1.807, 2.05) is 30.1 Å². The first kappa shape index (κ1) is 56.1. The Labute approximate surface area is 367 Å². The zero-order valence-corrected chi connectivity index (χ0v) is 44.2. The van der Waals surface area contributed by atoms with Gasteiger partial charge >= 0.3 is 5.97 Å². The first-order valence-corrected chi connectivity index (χ1v) is 31.1. The highest BCUT2D eigenvalue weighted by molar-refractivity contribution is 14.1. The summed E-state index contributed by atoms with van der Waals surface area (Å²) in [4.78, 5) is 27.7. The van der Waals surface area contributed by atoms with Gasteiger partial charge in [-0.1, -0.05) is 129 Å². The zero-order valence-electron chi connectivity index (χ0n) is 39.1. The third kappa shape index (κ3) is 18.3. The van der Waals surface area contributed by atoms with E-state index >= 15 is 0 Å². The second kappa shape index (κ2) is 29.3. The van der Waals surface area contributed by atoms with Gasteiger partial charge in [0.15, 0.2) is 30.7 Å². The Morgan fingerprint density at radius 2 is 1.19 bits per heavy atom. The second-order valence-corrected chi connectivity index (χ2v) is 30.7. The molecule has 0 heterocycles. The second-order valence-electron chi connectivity index (χ2n) is 15.9. The van der Waals surface area contributed by atoms with Gasteiger partial charge in [0.25, 0.3) is 0 Å². The van der Waals surface area contributed by atoms with Crippen molar-refractivity contribution in [2.75, 3.05) is 7.11 Å². The van der Waals surface area contributed by atoms with Crippen molar-refractivity contribution in [1.82, 2.24) is 0 Å². The van der Waals surface area contributed by atoms with E-state index in [0.29, 0.717) is 12.0 Å².